The smallest absolute Gasteiger partial charge is 0.288 e. The molecule has 1 amide bonds. The number of nitrogens with zero attached hydrogens (tertiary/aromatic N) is 3. The maximum atomic E-state index is 10.9. The van der Waals surface area contributed by atoms with Crippen molar-refractivity contribution in [3.8, 4) is 0 Å². The third-order valence-corrected chi connectivity index (χ3v) is 3.42. The number of ether oxygens (including phenoxy) is 1. The summed E-state index contributed by atoms with van der Waals surface area (Å²) in [5.74, 6) is -0.902. The molecular weight excluding hydrogens is 264 g/mol. The number of carbonyl (C=O) groups excluding carboxylic acids is 1. The highest BCUT2D eigenvalue weighted by molar-refractivity contribution is 5.88. The molecule has 0 spiro atoms. The predicted molar refractivity (Wildman–Crippen MR) is 68.6 cm³/mol. The van der Waals surface area contributed by atoms with Crippen LogP contribution in [0.2, 0.25) is 0 Å². The average molecular weight is 284 g/mol. The first kappa shape index (κ1) is 14.9. The van der Waals surface area contributed by atoms with Gasteiger partial charge in [0.05, 0.1) is 6.10 Å². The van der Waals surface area contributed by atoms with Crippen LogP contribution in [0.4, 0.5) is 0 Å². The second kappa shape index (κ2) is 6.29. The maximum Gasteiger partial charge on any atom is 0.288 e. The molecule has 0 bridgehead atoms. The van der Waals surface area contributed by atoms with E-state index in [1.807, 2.05) is 0 Å². The highest BCUT2D eigenvalue weighted by Gasteiger charge is 2.43. The molecule has 2 rings (SSSR count). The van der Waals surface area contributed by atoms with Gasteiger partial charge in [-0.2, -0.15) is 0 Å². The SMILES string of the molecule is CCCCC[C@H]1O[C@@H](n2cnc(C(N)=O)n2)[C@H](O)[C@@H]1O. The Morgan fingerprint density at radius 3 is 2.80 bits per heavy atom. The summed E-state index contributed by atoms with van der Waals surface area (Å²) in [6, 6.07) is 0. The number of primary amides is 1. The van der Waals surface area contributed by atoms with E-state index in [0.29, 0.717) is 6.42 Å². The van der Waals surface area contributed by atoms with Crippen molar-refractivity contribution in [3.63, 3.8) is 0 Å². The Morgan fingerprint density at radius 2 is 2.20 bits per heavy atom. The van der Waals surface area contributed by atoms with Crippen molar-refractivity contribution < 1.29 is 19.7 Å². The number of unbranched alkanes of at least 4 members (excludes halogenated alkanes) is 2. The molecule has 1 fully saturated rings. The molecule has 0 unspecified atom stereocenters. The summed E-state index contributed by atoms with van der Waals surface area (Å²) in [7, 11) is 0. The van der Waals surface area contributed by atoms with Crippen LogP contribution in [0.1, 0.15) is 49.5 Å². The van der Waals surface area contributed by atoms with Crippen LogP contribution >= 0.6 is 0 Å². The Hall–Kier alpha value is -1.51. The number of aliphatic hydroxyl groups excluding tert-OH is 2. The topological polar surface area (TPSA) is 123 Å². The Bertz CT molecular complexity index is 464. The number of carbonyl (C=O) groups is 1. The molecule has 1 saturated heterocycles. The molecule has 4 N–H and O–H groups in total. The summed E-state index contributed by atoms with van der Waals surface area (Å²) in [5, 5.41) is 23.8. The number of hydrogen-bond acceptors (Lipinski definition) is 6. The van der Waals surface area contributed by atoms with Gasteiger partial charge in [0.25, 0.3) is 5.91 Å². The maximum absolute atomic E-state index is 10.9. The number of nitrogens with two attached hydrogens (primary N) is 1. The molecule has 8 heteroatoms. The van der Waals surface area contributed by atoms with Crippen LogP contribution in [-0.4, -0.2) is 49.2 Å². The van der Waals surface area contributed by atoms with Crippen molar-refractivity contribution in [1.82, 2.24) is 14.8 Å². The van der Waals surface area contributed by atoms with Crippen molar-refractivity contribution in [2.45, 2.75) is 57.1 Å². The van der Waals surface area contributed by atoms with E-state index in [4.69, 9.17) is 10.5 Å². The molecule has 4 atom stereocenters. The van der Waals surface area contributed by atoms with Crippen LogP contribution in [0.3, 0.4) is 0 Å². The lowest BCUT2D eigenvalue weighted by Gasteiger charge is -2.13. The summed E-state index contributed by atoms with van der Waals surface area (Å²) in [6.07, 6.45) is 1.58. The van der Waals surface area contributed by atoms with Gasteiger partial charge in [-0.3, -0.25) is 4.79 Å². The van der Waals surface area contributed by atoms with Gasteiger partial charge >= 0.3 is 0 Å². The van der Waals surface area contributed by atoms with E-state index in [1.165, 1.54) is 11.0 Å². The number of aliphatic hydroxyl groups is 2. The zero-order valence-electron chi connectivity index (χ0n) is 11.3. The van der Waals surface area contributed by atoms with E-state index >= 15 is 0 Å². The van der Waals surface area contributed by atoms with E-state index in [0.717, 1.165) is 19.3 Å². The summed E-state index contributed by atoms with van der Waals surface area (Å²) in [5.41, 5.74) is 5.07. The summed E-state index contributed by atoms with van der Waals surface area (Å²) in [4.78, 5) is 14.7. The molecule has 112 valence electrons. The lowest BCUT2D eigenvalue weighted by Crippen LogP contribution is -2.31. The quantitative estimate of drug-likeness (QED) is 0.609. The summed E-state index contributed by atoms with van der Waals surface area (Å²) >= 11 is 0. The molecule has 1 aromatic rings. The number of rotatable bonds is 6. The zero-order chi connectivity index (χ0) is 14.7. The molecule has 1 aliphatic heterocycles. The normalized spacial score (nSPS) is 29.8. The number of aromatic nitrogens is 3. The first-order valence-electron chi connectivity index (χ1n) is 6.77. The van der Waals surface area contributed by atoms with Gasteiger partial charge in [-0.05, 0) is 6.42 Å². The van der Waals surface area contributed by atoms with Crippen LogP contribution in [0.25, 0.3) is 0 Å². The standard InChI is InChI=1S/C12H20N4O4/c1-2-3-4-5-7-8(17)9(18)12(20-7)16-6-14-11(15-16)10(13)19/h6-9,12,17-18H,2-5H2,1H3,(H2,13,19)/t7-,8-,9-,12-/m1/s1. The Kier molecular flexibility index (Phi) is 4.69. The van der Waals surface area contributed by atoms with E-state index in [1.54, 1.807) is 0 Å². The van der Waals surface area contributed by atoms with E-state index in [-0.39, 0.29) is 5.82 Å². The van der Waals surface area contributed by atoms with E-state index < -0.39 is 30.4 Å². The summed E-state index contributed by atoms with van der Waals surface area (Å²) < 4.78 is 6.84. The van der Waals surface area contributed by atoms with Crippen molar-refractivity contribution in [2.75, 3.05) is 0 Å². The molecule has 1 aromatic heterocycles. The van der Waals surface area contributed by atoms with Crippen LogP contribution in [0, 0.1) is 0 Å². The van der Waals surface area contributed by atoms with Crippen molar-refractivity contribution in [2.24, 2.45) is 5.73 Å². The van der Waals surface area contributed by atoms with Gasteiger partial charge in [-0.1, -0.05) is 26.2 Å². The fourth-order valence-electron chi connectivity index (χ4n) is 2.29. The van der Waals surface area contributed by atoms with Gasteiger partial charge in [0, 0.05) is 0 Å². The fraction of sp³-hybridized carbons (Fsp3) is 0.750. The minimum atomic E-state index is -1.11. The van der Waals surface area contributed by atoms with Crippen molar-refractivity contribution in [3.05, 3.63) is 12.2 Å². The second-order valence-electron chi connectivity index (χ2n) is 4.95. The summed E-state index contributed by atoms with van der Waals surface area (Å²) in [6.45, 7) is 2.09. The van der Waals surface area contributed by atoms with Crippen LogP contribution in [0.5, 0.6) is 0 Å². The van der Waals surface area contributed by atoms with E-state index in [9.17, 15) is 15.0 Å². The molecule has 0 radical (unpaired) electrons. The molecule has 0 aliphatic carbocycles. The predicted octanol–water partition coefficient (Wildman–Crippen LogP) is -0.423. The average Bonchev–Trinajstić information content (AvgIpc) is 2.99. The Morgan fingerprint density at radius 1 is 1.45 bits per heavy atom. The highest BCUT2D eigenvalue weighted by atomic mass is 16.6. The second-order valence-corrected chi connectivity index (χ2v) is 4.95. The van der Waals surface area contributed by atoms with Crippen molar-refractivity contribution >= 4 is 5.91 Å². The molecule has 2 heterocycles. The van der Waals surface area contributed by atoms with Gasteiger partial charge in [0.15, 0.2) is 6.23 Å². The molecule has 20 heavy (non-hydrogen) atoms. The number of hydrogen-bond donors (Lipinski definition) is 3. The third-order valence-electron chi connectivity index (χ3n) is 3.42. The van der Waals surface area contributed by atoms with E-state index in [2.05, 4.69) is 17.0 Å². The molecular formula is C12H20N4O4. The first-order chi connectivity index (χ1) is 9.54. The molecule has 0 saturated carbocycles. The van der Waals surface area contributed by atoms with Crippen molar-refractivity contribution in [1.29, 1.82) is 0 Å². The van der Waals surface area contributed by atoms with Gasteiger partial charge in [0.2, 0.25) is 5.82 Å². The van der Waals surface area contributed by atoms with Gasteiger partial charge in [-0.15, -0.1) is 5.10 Å². The molecule has 0 aromatic carbocycles. The Balaban J connectivity index is 2.03. The molecule has 1 aliphatic rings. The lowest BCUT2D eigenvalue weighted by atomic mass is 10.0. The van der Waals surface area contributed by atoms with Gasteiger partial charge in [0.1, 0.15) is 18.5 Å². The largest absolute Gasteiger partial charge is 0.388 e. The minimum Gasteiger partial charge on any atom is -0.388 e. The Labute approximate surface area is 116 Å². The van der Waals surface area contributed by atoms with Crippen LogP contribution in [0.15, 0.2) is 6.33 Å². The molecule has 8 nitrogen and oxygen atoms in total. The number of amides is 1. The third kappa shape index (κ3) is 2.97. The van der Waals surface area contributed by atoms with Gasteiger partial charge < -0.3 is 20.7 Å². The minimum absolute atomic E-state index is 0.148. The van der Waals surface area contributed by atoms with Gasteiger partial charge in [-0.25, -0.2) is 9.67 Å². The lowest BCUT2D eigenvalue weighted by molar-refractivity contribution is -0.0469. The monoisotopic (exact) mass is 284 g/mol. The zero-order valence-corrected chi connectivity index (χ0v) is 11.3. The highest BCUT2D eigenvalue weighted by Crippen LogP contribution is 2.31. The van der Waals surface area contributed by atoms with Crippen LogP contribution < -0.4 is 5.73 Å². The first-order valence-corrected chi connectivity index (χ1v) is 6.77. The fourth-order valence-corrected chi connectivity index (χ4v) is 2.29. The van der Waals surface area contributed by atoms with Crippen LogP contribution in [-0.2, 0) is 4.74 Å².